The molecule has 2 rings (SSSR count). The van der Waals surface area contributed by atoms with Gasteiger partial charge in [-0.25, -0.2) is 4.98 Å². The summed E-state index contributed by atoms with van der Waals surface area (Å²) in [6.07, 6.45) is 1.64. The van der Waals surface area contributed by atoms with Crippen molar-refractivity contribution in [1.29, 1.82) is 0 Å². The van der Waals surface area contributed by atoms with Crippen molar-refractivity contribution >= 4 is 27.5 Å². The molecule has 0 bridgehead atoms. The summed E-state index contributed by atoms with van der Waals surface area (Å²) in [5.41, 5.74) is 6.29. The molecule has 2 aromatic rings. The monoisotopic (exact) mass is 227 g/mol. The van der Waals surface area contributed by atoms with Gasteiger partial charge in [0.25, 0.3) is 0 Å². The van der Waals surface area contributed by atoms with E-state index in [4.69, 9.17) is 5.73 Å². The molecule has 0 aromatic carbocycles. The van der Waals surface area contributed by atoms with Gasteiger partial charge in [-0.05, 0) is 22.9 Å². The third kappa shape index (κ3) is 0.953. The zero-order chi connectivity index (χ0) is 8.72. The second-order valence-corrected chi connectivity index (χ2v) is 3.21. The highest BCUT2D eigenvalue weighted by molar-refractivity contribution is 9.10. The quantitative estimate of drug-likeness (QED) is 0.723. The highest BCUT2D eigenvalue weighted by Crippen LogP contribution is 2.16. The van der Waals surface area contributed by atoms with Gasteiger partial charge in [-0.15, -0.1) is 0 Å². The van der Waals surface area contributed by atoms with Crippen LogP contribution in [0.3, 0.4) is 0 Å². The summed E-state index contributed by atoms with van der Waals surface area (Å²) in [6, 6.07) is 0. The van der Waals surface area contributed by atoms with E-state index in [0.29, 0.717) is 17.4 Å². The molecule has 0 radical (unpaired) electrons. The largest absolute Gasteiger partial charge is 0.368 e. The number of aryl methyl sites for hydroxylation is 1. The number of anilines is 1. The topological polar surface area (TPSA) is 69.1 Å². The third-order valence-corrected chi connectivity index (χ3v) is 2.02. The number of halogens is 1. The molecule has 0 fully saturated rings. The van der Waals surface area contributed by atoms with Crippen molar-refractivity contribution in [3.05, 3.63) is 16.5 Å². The molecule has 0 aliphatic carbocycles. The maximum atomic E-state index is 5.60. The first-order valence-electron chi connectivity index (χ1n) is 3.32. The first-order valence-corrected chi connectivity index (χ1v) is 4.11. The van der Waals surface area contributed by atoms with Gasteiger partial charge < -0.3 is 5.73 Å². The lowest BCUT2D eigenvalue weighted by Crippen LogP contribution is -2.04. The van der Waals surface area contributed by atoms with Crippen LogP contribution in [0.2, 0.25) is 0 Å². The van der Waals surface area contributed by atoms with Gasteiger partial charge in [0.05, 0.1) is 10.7 Å². The van der Waals surface area contributed by atoms with Crippen LogP contribution in [0.15, 0.2) is 10.7 Å². The summed E-state index contributed by atoms with van der Waals surface area (Å²) in [5, 5.41) is 3.98. The minimum Gasteiger partial charge on any atom is -0.368 e. The van der Waals surface area contributed by atoms with Gasteiger partial charge in [0.15, 0.2) is 5.65 Å². The van der Waals surface area contributed by atoms with Gasteiger partial charge in [0.1, 0.15) is 5.82 Å². The van der Waals surface area contributed by atoms with E-state index < -0.39 is 0 Å². The van der Waals surface area contributed by atoms with Crippen LogP contribution in [0.25, 0.3) is 5.65 Å². The summed E-state index contributed by atoms with van der Waals surface area (Å²) in [4.78, 5) is 8.12. The summed E-state index contributed by atoms with van der Waals surface area (Å²) >= 11 is 3.31. The molecule has 12 heavy (non-hydrogen) atoms. The van der Waals surface area contributed by atoms with E-state index in [1.165, 1.54) is 4.52 Å². The summed E-state index contributed by atoms with van der Waals surface area (Å²) in [6.45, 7) is 1.79. The molecule has 62 valence electrons. The molecule has 0 aliphatic heterocycles. The fraction of sp³-hybridized carbons (Fsp3) is 0.167. The highest BCUT2D eigenvalue weighted by Gasteiger charge is 2.06. The molecule has 2 heterocycles. The van der Waals surface area contributed by atoms with Crippen molar-refractivity contribution in [2.75, 3.05) is 5.73 Å². The van der Waals surface area contributed by atoms with E-state index in [1.807, 2.05) is 0 Å². The molecule has 0 atom stereocenters. The van der Waals surface area contributed by atoms with Crippen molar-refractivity contribution in [1.82, 2.24) is 19.6 Å². The molecule has 5 nitrogen and oxygen atoms in total. The SMILES string of the molecule is Cc1nc(N)n2ncc(Br)c2n1. The Morgan fingerprint density at radius 3 is 3.00 bits per heavy atom. The van der Waals surface area contributed by atoms with Gasteiger partial charge in [-0.1, -0.05) is 0 Å². The minimum atomic E-state index is 0.350. The number of nitrogen functional groups attached to an aromatic ring is 1. The molecule has 0 amide bonds. The van der Waals surface area contributed by atoms with Crippen LogP contribution in [0.4, 0.5) is 5.95 Å². The standard InChI is InChI=1S/C6H6BrN5/c1-3-10-5-4(7)2-9-12(5)6(8)11-3/h2H,1H3,(H2,8,10,11). The lowest BCUT2D eigenvalue weighted by molar-refractivity contribution is 0.886. The molecule has 2 N–H and O–H groups in total. The first-order chi connectivity index (χ1) is 5.68. The fourth-order valence-corrected chi connectivity index (χ4v) is 1.33. The Morgan fingerprint density at radius 1 is 1.50 bits per heavy atom. The van der Waals surface area contributed by atoms with Crippen LogP contribution in [-0.4, -0.2) is 19.6 Å². The van der Waals surface area contributed by atoms with Crippen LogP contribution < -0.4 is 5.73 Å². The maximum absolute atomic E-state index is 5.60. The lowest BCUT2D eigenvalue weighted by atomic mass is 10.6. The van der Waals surface area contributed by atoms with Gasteiger partial charge in [-0.2, -0.15) is 14.6 Å². The summed E-state index contributed by atoms with van der Waals surface area (Å²) < 4.78 is 2.30. The fourth-order valence-electron chi connectivity index (χ4n) is 0.982. The molecular weight excluding hydrogens is 222 g/mol. The molecule has 0 unspecified atom stereocenters. The molecule has 6 heteroatoms. The molecule has 0 aliphatic rings. The lowest BCUT2D eigenvalue weighted by Gasteiger charge is -1.98. The molecule has 0 spiro atoms. The van der Waals surface area contributed by atoms with Gasteiger partial charge in [0.2, 0.25) is 5.95 Å². The van der Waals surface area contributed by atoms with Crippen LogP contribution >= 0.6 is 15.9 Å². The summed E-state index contributed by atoms with van der Waals surface area (Å²) in [7, 11) is 0. The Morgan fingerprint density at radius 2 is 2.25 bits per heavy atom. The van der Waals surface area contributed by atoms with Crippen molar-refractivity contribution < 1.29 is 0 Å². The second kappa shape index (κ2) is 2.41. The normalized spacial score (nSPS) is 10.8. The van der Waals surface area contributed by atoms with Gasteiger partial charge in [-0.3, -0.25) is 0 Å². The number of hydrogen-bond acceptors (Lipinski definition) is 4. The zero-order valence-corrected chi connectivity index (χ0v) is 7.91. The average molecular weight is 228 g/mol. The Bertz CT molecular complexity index is 435. The molecule has 0 saturated carbocycles. The van der Waals surface area contributed by atoms with Crippen molar-refractivity contribution in [3.63, 3.8) is 0 Å². The smallest absolute Gasteiger partial charge is 0.224 e. The predicted octanol–water partition coefficient (Wildman–Crippen LogP) is 0.777. The minimum absolute atomic E-state index is 0.350. The van der Waals surface area contributed by atoms with Crippen molar-refractivity contribution in [3.8, 4) is 0 Å². The average Bonchev–Trinajstić information content (AvgIpc) is 2.33. The van der Waals surface area contributed by atoms with E-state index in [0.717, 1.165) is 4.47 Å². The highest BCUT2D eigenvalue weighted by atomic mass is 79.9. The Balaban J connectivity index is 2.92. The van der Waals surface area contributed by atoms with Crippen molar-refractivity contribution in [2.24, 2.45) is 0 Å². The Kier molecular flexibility index (Phi) is 1.50. The molecular formula is C6H6BrN5. The van der Waals surface area contributed by atoms with E-state index in [1.54, 1.807) is 13.1 Å². The van der Waals surface area contributed by atoms with E-state index in [2.05, 4.69) is 31.0 Å². The number of nitrogens with zero attached hydrogens (tertiary/aromatic N) is 4. The van der Waals surface area contributed by atoms with E-state index >= 15 is 0 Å². The predicted molar refractivity (Wildman–Crippen MR) is 47.6 cm³/mol. The Labute approximate surface area is 76.7 Å². The first kappa shape index (κ1) is 7.48. The van der Waals surface area contributed by atoms with Crippen LogP contribution in [-0.2, 0) is 0 Å². The zero-order valence-electron chi connectivity index (χ0n) is 6.32. The number of fused-ring (bicyclic) bond motifs is 1. The van der Waals surface area contributed by atoms with Crippen LogP contribution in [0.1, 0.15) is 5.82 Å². The van der Waals surface area contributed by atoms with Gasteiger partial charge in [0, 0.05) is 0 Å². The summed E-state index contributed by atoms with van der Waals surface area (Å²) in [5.74, 6) is 0.990. The third-order valence-electron chi connectivity index (χ3n) is 1.46. The van der Waals surface area contributed by atoms with Crippen LogP contribution in [0, 0.1) is 6.92 Å². The van der Waals surface area contributed by atoms with Crippen LogP contribution in [0.5, 0.6) is 0 Å². The Hall–Kier alpha value is -1.17. The molecule has 2 aromatic heterocycles. The number of hydrogen-bond donors (Lipinski definition) is 1. The van der Waals surface area contributed by atoms with Crippen molar-refractivity contribution in [2.45, 2.75) is 6.92 Å². The maximum Gasteiger partial charge on any atom is 0.224 e. The number of aromatic nitrogens is 4. The number of nitrogens with two attached hydrogens (primary N) is 1. The van der Waals surface area contributed by atoms with E-state index in [9.17, 15) is 0 Å². The van der Waals surface area contributed by atoms with Gasteiger partial charge >= 0.3 is 0 Å². The van der Waals surface area contributed by atoms with E-state index in [-0.39, 0.29) is 0 Å². The number of rotatable bonds is 0. The second-order valence-electron chi connectivity index (χ2n) is 2.36. The molecule has 0 saturated heterocycles.